The maximum Gasteiger partial charge on any atom is 0.334 e. The first-order valence-corrected chi connectivity index (χ1v) is 23.0. The Hall–Kier alpha value is -4.99. The van der Waals surface area contributed by atoms with E-state index in [-0.39, 0.29) is 80.4 Å². The molecule has 1 aliphatic carbocycles. The van der Waals surface area contributed by atoms with Gasteiger partial charge in [-0.1, -0.05) is 75.3 Å². The van der Waals surface area contributed by atoms with Gasteiger partial charge in [-0.05, 0) is 109 Å². The molecule has 3 aromatic rings. The smallest absolute Gasteiger partial charge is 0.334 e. The van der Waals surface area contributed by atoms with Gasteiger partial charge in [0.25, 0.3) is 0 Å². The van der Waals surface area contributed by atoms with Gasteiger partial charge < -0.3 is 40.3 Å². The number of unbranched alkanes of at least 4 members (excludes halogenated alkanes) is 2. The number of carbonyl (C=O) groups excluding carboxylic acids is 3. The molecule has 4 aliphatic rings. The second-order valence-corrected chi connectivity index (χ2v) is 18.3. The van der Waals surface area contributed by atoms with Crippen molar-refractivity contribution in [3.05, 3.63) is 99.1 Å². The molecule has 3 heterocycles. The monoisotopic (exact) mass is 861 g/mol. The quantitative estimate of drug-likeness (QED) is 0.0503. The molecule has 11 nitrogen and oxygen atoms in total. The highest BCUT2D eigenvalue weighted by Gasteiger charge is 2.49. The lowest BCUT2D eigenvalue weighted by Crippen LogP contribution is -2.54. The minimum atomic E-state index is -1.62. The van der Waals surface area contributed by atoms with E-state index in [0.717, 1.165) is 41.6 Å². The fraction of sp³-hybridized carbons (Fsp3) is 0.519. The number of nitrogens with one attached hydrogen (secondary N) is 1. The number of fused-ring (bicyclic) bond motifs is 8. The summed E-state index contributed by atoms with van der Waals surface area (Å²) >= 11 is 0. The van der Waals surface area contributed by atoms with E-state index in [1.165, 1.54) is 12.1 Å². The first-order valence-electron chi connectivity index (χ1n) is 23.0. The molecule has 63 heavy (non-hydrogen) atoms. The highest BCUT2D eigenvalue weighted by Crippen LogP contribution is 2.45. The average molecular weight is 862 g/mol. The molecule has 1 saturated carbocycles. The number of phenolic OH excluding ortho intramolecular Hbond substituents is 1. The van der Waals surface area contributed by atoms with Crippen LogP contribution in [-0.2, 0) is 51.4 Å². The predicted octanol–water partition coefficient (Wildman–Crippen LogP) is 7.05. The number of aliphatic hydroxyl groups is 4. The molecule has 0 unspecified atom stereocenters. The van der Waals surface area contributed by atoms with E-state index < -0.39 is 53.6 Å². The number of ketones is 1. The van der Waals surface area contributed by atoms with Crippen LogP contribution in [0.5, 0.6) is 11.5 Å². The lowest BCUT2D eigenvalue weighted by atomic mass is 9.66. The summed E-state index contributed by atoms with van der Waals surface area (Å²) in [4.78, 5) is 41.6. The van der Waals surface area contributed by atoms with E-state index in [0.29, 0.717) is 54.4 Å². The molecule has 8 atom stereocenters. The van der Waals surface area contributed by atoms with Crippen LogP contribution in [0.2, 0.25) is 0 Å². The first kappa shape index (κ1) is 46.0. The third kappa shape index (κ3) is 10.7. The van der Waals surface area contributed by atoms with Gasteiger partial charge in [0.15, 0.2) is 0 Å². The lowest BCUT2D eigenvalue weighted by molar-refractivity contribution is -0.176. The molecule has 0 radical (unpaired) electrons. The Kier molecular flexibility index (Phi) is 14.8. The van der Waals surface area contributed by atoms with Crippen molar-refractivity contribution in [1.82, 2.24) is 0 Å². The Morgan fingerprint density at radius 1 is 0.937 bits per heavy atom. The van der Waals surface area contributed by atoms with Crippen molar-refractivity contribution in [3.8, 4) is 23.3 Å². The number of aromatic hydroxyl groups is 1. The van der Waals surface area contributed by atoms with Gasteiger partial charge in [0.05, 0.1) is 31.2 Å². The summed E-state index contributed by atoms with van der Waals surface area (Å²) in [6.07, 6.45) is 4.43. The fourth-order valence-corrected chi connectivity index (χ4v) is 10.2. The average Bonchev–Trinajstić information content (AvgIpc) is 3.25. The van der Waals surface area contributed by atoms with Crippen LogP contribution in [0.15, 0.2) is 60.2 Å². The lowest BCUT2D eigenvalue weighted by Gasteiger charge is -2.45. The molecule has 3 aliphatic heterocycles. The van der Waals surface area contributed by atoms with Gasteiger partial charge in [-0.25, -0.2) is 4.79 Å². The Balaban J connectivity index is 1.44. The zero-order valence-electron chi connectivity index (χ0n) is 36.8. The van der Waals surface area contributed by atoms with E-state index in [2.05, 4.69) is 24.1 Å². The van der Waals surface area contributed by atoms with Gasteiger partial charge in [-0.3, -0.25) is 9.59 Å². The number of ether oxygens (including phenoxy) is 2. The highest BCUT2D eigenvalue weighted by molar-refractivity contribution is 5.89. The third-order valence-electron chi connectivity index (χ3n) is 13.5. The molecule has 6 N–H and O–H groups in total. The molecule has 8 bridgehead atoms. The van der Waals surface area contributed by atoms with Crippen molar-refractivity contribution in [3.63, 3.8) is 0 Å². The maximum atomic E-state index is 15.0. The van der Waals surface area contributed by atoms with E-state index in [1.54, 1.807) is 13.0 Å². The Labute approximate surface area is 370 Å². The number of Topliss-reactive ketones (excluding diaryl/α,β-unsaturated/α-hetero) is 1. The van der Waals surface area contributed by atoms with Gasteiger partial charge in [0.2, 0.25) is 0 Å². The molecule has 11 heteroatoms. The summed E-state index contributed by atoms with van der Waals surface area (Å²) in [5, 5.41) is 61.0. The topological polar surface area (TPSA) is 183 Å². The number of aliphatic hydroxyl groups excluding tert-OH is 3. The zero-order chi connectivity index (χ0) is 44.8. The Morgan fingerprint density at radius 3 is 2.46 bits per heavy atom. The summed E-state index contributed by atoms with van der Waals surface area (Å²) in [5.41, 5.74) is 4.26. The Morgan fingerprint density at radius 2 is 1.71 bits per heavy atom. The van der Waals surface area contributed by atoms with Gasteiger partial charge in [0, 0.05) is 60.5 Å². The summed E-state index contributed by atoms with van der Waals surface area (Å²) < 4.78 is 12.2. The van der Waals surface area contributed by atoms with Gasteiger partial charge in [0.1, 0.15) is 29.0 Å². The number of esters is 2. The van der Waals surface area contributed by atoms with Gasteiger partial charge in [-0.15, -0.1) is 0 Å². The Bertz CT molecular complexity index is 2270. The van der Waals surface area contributed by atoms with Gasteiger partial charge in [-0.2, -0.15) is 0 Å². The van der Waals surface area contributed by atoms with Crippen molar-refractivity contribution >= 4 is 23.4 Å². The van der Waals surface area contributed by atoms with Crippen molar-refractivity contribution in [1.29, 1.82) is 0 Å². The fourth-order valence-electron chi connectivity index (χ4n) is 10.2. The minimum Gasteiger partial charge on any atom is -0.508 e. The van der Waals surface area contributed by atoms with Crippen LogP contribution in [0, 0.1) is 23.7 Å². The molecule has 0 saturated heterocycles. The molecule has 3 aromatic carbocycles. The summed E-state index contributed by atoms with van der Waals surface area (Å²) in [7, 11) is 0. The van der Waals surface area contributed by atoms with Crippen molar-refractivity contribution in [2.75, 3.05) is 11.9 Å². The largest absolute Gasteiger partial charge is 0.508 e. The van der Waals surface area contributed by atoms with Crippen LogP contribution >= 0.6 is 0 Å². The standard InChI is InChI=1S/C52H63NO10/c1-4-6-7-11-43-40(30-54)21-36(25-45(43)53-29-31(3)55)34-12-13-35-27-50(59)62-48-28-47(58)38(24-44(35)48)26-49-52(61,16-5-2)41-14-15-46(57)37(22-41)18-32-9-8-10-33(17-32)19-42(56)23-39(20-34)51(60)63-49/h8-10,17,21,23-25,28,31,34-35,37,41-42,49,53-56,58,61H,4-7,11,14-16,18-20,22,26-27,29-30H2,1-3H3/b39-23-/t31-,34+,35-,37+,41-,42+,49+,52-/m0/s1. The number of hydrogen-bond acceptors (Lipinski definition) is 11. The molecule has 0 amide bonds. The van der Waals surface area contributed by atoms with E-state index in [1.807, 2.05) is 43.3 Å². The molecule has 7 rings (SSSR count). The zero-order valence-corrected chi connectivity index (χ0v) is 36.8. The predicted molar refractivity (Wildman–Crippen MR) is 239 cm³/mol. The third-order valence-corrected chi connectivity index (χ3v) is 13.5. The summed E-state index contributed by atoms with van der Waals surface area (Å²) in [6.45, 7) is 5.76. The number of anilines is 1. The van der Waals surface area contributed by atoms with Crippen LogP contribution in [-0.4, -0.2) is 73.7 Å². The van der Waals surface area contributed by atoms with Crippen LogP contribution in [0.4, 0.5) is 5.69 Å². The van der Waals surface area contributed by atoms with Crippen molar-refractivity contribution in [2.45, 2.75) is 153 Å². The number of hydrogen-bond donors (Lipinski definition) is 6. The second-order valence-electron chi connectivity index (χ2n) is 18.3. The van der Waals surface area contributed by atoms with E-state index in [9.17, 15) is 35.1 Å². The second kappa shape index (κ2) is 20.2. The molecule has 0 aromatic heterocycles. The van der Waals surface area contributed by atoms with Crippen molar-refractivity contribution < 1.29 is 49.4 Å². The van der Waals surface area contributed by atoms with Crippen LogP contribution in [0.3, 0.4) is 0 Å². The first-order chi connectivity index (χ1) is 30.3. The van der Waals surface area contributed by atoms with E-state index in [4.69, 9.17) is 9.47 Å². The minimum absolute atomic E-state index is 0.0371. The maximum absolute atomic E-state index is 15.0. The van der Waals surface area contributed by atoms with Gasteiger partial charge >= 0.3 is 11.9 Å². The molecule has 336 valence electrons. The highest BCUT2D eigenvalue weighted by atomic mass is 16.6. The summed E-state index contributed by atoms with van der Waals surface area (Å²) in [6, 6.07) is 14.7. The van der Waals surface area contributed by atoms with Crippen LogP contribution < -0.4 is 10.1 Å². The number of benzene rings is 3. The normalized spacial score (nSPS) is 27.3. The van der Waals surface area contributed by atoms with E-state index >= 15 is 4.79 Å². The van der Waals surface area contributed by atoms with Crippen LogP contribution in [0.25, 0.3) is 0 Å². The summed E-state index contributed by atoms with van der Waals surface area (Å²) in [5.74, 6) is 3.41. The number of phenols is 1. The molecule has 0 spiro atoms. The SMILES string of the molecule is CCCCCc1c(CO)cc([C@@H]2C#C[C@H]3CC(=O)Oc4cc(O)c(cc43)C[C@H]3OC(=O)/C(=C\[C@H](O)Cc4cccc(c4)C[C@@H]4C[C@H](CCC4=O)[C@@]3(O)CCC)C2)cc1NC[C@H](C)O. The van der Waals surface area contributed by atoms with Crippen LogP contribution in [0.1, 0.15) is 136 Å². The molecule has 1 fully saturated rings. The van der Waals surface area contributed by atoms with Crippen molar-refractivity contribution in [2.24, 2.45) is 11.8 Å². The molecular weight excluding hydrogens is 799 g/mol. The number of carbonyl (C=O) groups is 3. The molecular formula is C52H63NO10. The number of rotatable bonds is 11.